The Kier molecular flexibility index (Phi) is 6.80. The monoisotopic (exact) mass is 78.1 g/mol. The Hall–Kier alpha value is -0.160. The predicted molar refractivity (Wildman–Crippen MR) is 21.1 cm³/mol. The van der Waals surface area contributed by atoms with Gasteiger partial charge in [0.25, 0.3) is 0 Å². The summed E-state index contributed by atoms with van der Waals surface area (Å²) in [5.74, 6) is 13.5. The fraction of sp³-hybridized carbons (Fsp3) is 1.00. The lowest BCUT2D eigenvalue weighted by Gasteiger charge is -1.91. The largest absolute Gasteiger partial charge is 0.241 e. The molecule has 0 amide bonds. The van der Waals surface area contributed by atoms with Crippen LogP contribution in [0.15, 0.2) is 0 Å². The number of hydrogen-bond acceptors (Lipinski definition) is 4. The first-order chi connectivity index (χ1) is 1.73. The van der Waals surface area contributed by atoms with Gasteiger partial charge >= 0.3 is 0 Å². The Labute approximate surface area is 31.4 Å². The molecule has 0 saturated heterocycles. The van der Waals surface area contributed by atoms with Crippen LogP contribution in [0.3, 0.4) is 0 Å². The fourth-order valence-electron chi connectivity index (χ4n) is 0. The number of hydrazine groups is 3. The van der Waals surface area contributed by atoms with Crippen LogP contribution < -0.4 is 17.5 Å². The van der Waals surface area contributed by atoms with E-state index in [9.17, 15) is 0 Å². The van der Waals surface area contributed by atoms with E-state index in [1.807, 2.05) is 0 Å². The normalized spacial score (nSPS) is 7.20. The second-order valence-corrected chi connectivity index (χ2v) is 0.447. The first-order valence-corrected chi connectivity index (χ1v) is 0.775. The Balaban J connectivity index is 0. The summed E-state index contributed by atoms with van der Waals surface area (Å²) in [4.78, 5) is 0. The van der Waals surface area contributed by atoms with Crippen LogP contribution in [0, 0.1) is 0 Å². The first-order valence-electron chi connectivity index (χ1n) is 0.775. The van der Waals surface area contributed by atoms with Crippen LogP contribution in [0.4, 0.5) is 0 Å². The summed E-state index contributed by atoms with van der Waals surface area (Å²) in [5, 5.41) is 0.500. The molecular weight excluding hydrogens is 68.0 g/mol. The number of nitrogens with zero attached hydrogens (tertiary/aromatic N) is 1. The molecule has 0 aliphatic carbocycles. The Morgan fingerprint density at radius 2 is 1.00 bits per heavy atom. The fourth-order valence-corrected chi connectivity index (χ4v) is 0. The standard InChI is InChI=1S/CH4.H6N4/c;1-4(2)3/h1H4;1-3H2. The van der Waals surface area contributed by atoms with E-state index in [0.29, 0.717) is 5.23 Å². The molecule has 0 atom stereocenters. The molecule has 0 bridgehead atoms. The third kappa shape index (κ3) is 508. The maximum atomic E-state index is 4.50. The van der Waals surface area contributed by atoms with Gasteiger partial charge in [0.2, 0.25) is 0 Å². The van der Waals surface area contributed by atoms with Gasteiger partial charge < -0.3 is 0 Å². The molecule has 0 radical (unpaired) electrons. The van der Waals surface area contributed by atoms with Gasteiger partial charge in [-0.1, -0.05) is 7.43 Å². The van der Waals surface area contributed by atoms with Crippen LogP contribution in [0.25, 0.3) is 0 Å². The SMILES string of the molecule is C.NN(N)N. The third-order valence-corrected chi connectivity index (χ3v) is 0. The maximum Gasteiger partial charge on any atom is -0.0776 e. The number of nitrogens with two attached hydrogens (primary N) is 3. The van der Waals surface area contributed by atoms with Gasteiger partial charge in [-0.15, -0.1) is 5.23 Å². The zero-order valence-electron chi connectivity index (χ0n) is 2.18. The highest BCUT2D eigenvalue weighted by atomic mass is 15.7. The second-order valence-electron chi connectivity index (χ2n) is 0.447. The van der Waals surface area contributed by atoms with Crippen molar-refractivity contribution in [3.05, 3.63) is 0 Å². The van der Waals surface area contributed by atoms with Crippen LogP contribution in [-0.2, 0) is 0 Å². The van der Waals surface area contributed by atoms with Gasteiger partial charge in [-0.3, -0.25) is 0 Å². The summed E-state index contributed by atoms with van der Waals surface area (Å²) in [6.07, 6.45) is 0. The Bertz CT molecular complexity index is 8.36. The van der Waals surface area contributed by atoms with Gasteiger partial charge in [0.15, 0.2) is 0 Å². The summed E-state index contributed by atoms with van der Waals surface area (Å²) in [6, 6.07) is 0. The van der Waals surface area contributed by atoms with Gasteiger partial charge in [-0.25, -0.2) is 17.5 Å². The zero-order chi connectivity index (χ0) is 3.58. The molecule has 0 aromatic carbocycles. The molecule has 4 heteroatoms. The van der Waals surface area contributed by atoms with Gasteiger partial charge in [-0.05, 0) is 0 Å². The Morgan fingerprint density at radius 3 is 1.00 bits per heavy atom. The minimum atomic E-state index is 0. The van der Waals surface area contributed by atoms with E-state index in [2.05, 4.69) is 17.5 Å². The van der Waals surface area contributed by atoms with Crippen LogP contribution in [0.2, 0.25) is 0 Å². The van der Waals surface area contributed by atoms with E-state index in [1.54, 1.807) is 0 Å². The van der Waals surface area contributed by atoms with E-state index in [-0.39, 0.29) is 7.43 Å². The summed E-state index contributed by atoms with van der Waals surface area (Å²) >= 11 is 0. The minimum absolute atomic E-state index is 0. The van der Waals surface area contributed by atoms with E-state index >= 15 is 0 Å². The maximum absolute atomic E-state index is 4.50. The summed E-state index contributed by atoms with van der Waals surface area (Å²) < 4.78 is 0. The van der Waals surface area contributed by atoms with Gasteiger partial charge in [-0.2, -0.15) is 0 Å². The average molecular weight is 78.1 g/mol. The quantitative estimate of drug-likeness (QED) is 0.244. The summed E-state index contributed by atoms with van der Waals surface area (Å²) in [6.45, 7) is 0. The molecule has 5 heavy (non-hydrogen) atoms. The molecule has 0 spiro atoms. The molecule has 0 aromatic rings. The van der Waals surface area contributed by atoms with E-state index in [1.165, 1.54) is 0 Å². The highest BCUT2D eigenvalue weighted by Crippen LogP contribution is 1.10. The van der Waals surface area contributed by atoms with Gasteiger partial charge in [0.1, 0.15) is 0 Å². The molecule has 0 aliphatic heterocycles. The van der Waals surface area contributed by atoms with Crippen molar-refractivity contribution in [3.63, 3.8) is 0 Å². The molecular formula is CH10N4. The number of hydrogen-bond donors (Lipinski definition) is 3. The molecule has 0 rings (SSSR count). The smallest absolute Gasteiger partial charge is 0.0776 e. The predicted octanol–water partition coefficient (Wildman–Crippen LogP) is -1.45. The topological polar surface area (TPSA) is 81.3 Å². The lowest BCUT2D eigenvalue weighted by Crippen LogP contribution is -2.43. The highest BCUT2D eigenvalue weighted by molar-refractivity contribution is 3.80. The minimum Gasteiger partial charge on any atom is -0.241 e. The third-order valence-electron chi connectivity index (χ3n) is 0. The molecule has 0 fully saturated rings. The molecule has 0 heterocycles. The van der Waals surface area contributed by atoms with Crippen molar-refractivity contribution in [3.8, 4) is 0 Å². The average Bonchev–Trinajstić information content (AvgIpc) is 0.811. The van der Waals surface area contributed by atoms with Gasteiger partial charge in [0.05, 0.1) is 0 Å². The summed E-state index contributed by atoms with van der Waals surface area (Å²) in [5.41, 5.74) is 0. The van der Waals surface area contributed by atoms with E-state index in [0.717, 1.165) is 0 Å². The van der Waals surface area contributed by atoms with Crippen molar-refractivity contribution >= 4 is 0 Å². The molecule has 0 saturated carbocycles. The highest BCUT2D eigenvalue weighted by Gasteiger charge is 1.55. The first kappa shape index (κ1) is 8.85. The number of rotatable bonds is 0. The van der Waals surface area contributed by atoms with E-state index in [4.69, 9.17) is 0 Å². The van der Waals surface area contributed by atoms with Gasteiger partial charge in [0, 0.05) is 0 Å². The van der Waals surface area contributed by atoms with Crippen molar-refractivity contribution in [1.82, 2.24) is 5.23 Å². The molecule has 0 unspecified atom stereocenters. The van der Waals surface area contributed by atoms with Crippen LogP contribution >= 0.6 is 0 Å². The van der Waals surface area contributed by atoms with E-state index < -0.39 is 0 Å². The molecule has 4 nitrogen and oxygen atoms in total. The van der Waals surface area contributed by atoms with Crippen molar-refractivity contribution in [2.24, 2.45) is 17.5 Å². The molecule has 6 N–H and O–H groups in total. The Morgan fingerprint density at radius 1 is 1.00 bits per heavy atom. The van der Waals surface area contributed by atoms with Crippen molar-refractivity contribution in [2.45, 2.75) is 7.43 Å². The zero-order valence-corrected chi connectivity index (χ0v) is 2.18. The van der Waals surface area contributed by atoms with Crippen molar-refractivity contribution < 1.29 is 0 Å². The van der Waals surface area contributed by atoms with Crippen molar-refractivity contribution in [1.29, 1.82) is 0 Å². The molecule has 0 aliphatic rings. The second kappa shape index (κ2) is 3.84. The molecule has 0 aromatic heterocycles. The lowest BCUT2D eigenvalue weighted by atomic mass is 12.0. The summed E-state index contributed by atoms with van der Waals surface area (Å²) in [7, 11) is 0. The van der Waals surface area contributed by atoms with Crippen LogP contribution in [0.5, 0.6) is 0 Å². The lowest BCUT2D eigenvalue weighted by molar-refractivity contribution is 0.306. The van der Waals surface area contributed by atoms with Crippen LogP contribution in [-0.4, -0.2) is 5.23 Å². The van der Waals surface area contributed by atoms with Crippen LogP contribution in [0.1, 0.15) is 7.43 Å². The molecule has 34 valence electrons. The van der Waals surface area contributed by atoms with Crippen molar-refractivity contribution in [2.75, 3.05) is 0 Å².